The smallest absolute Gasteiger partial charge is 0.414 e. The van der Waals surface area contributed by atoms with Crippen LogP contribution in [-0.4, -0.2) is 29.1 Å². The van der Waals surface area contributed by atoms with Gasteiger partial charge in [0.25, 0.3) is 0 Å². The van der Waals surface area contributed by atoms with E-state index in [0.717, 1.165) is 5.56 Å². The van der Waals surface area contributed by atoms with Gasteiger partial charge in [-0.25, -0.2) is 9.59 Å². The normalized spacial score (nSPS) is 14.5. The second-order valence-corrected chi connectivity index (χ2v) is 6.07. The largest absolute Gasteiger partial charge is 0.455 e. The van der Waals surface area contributed by atoms with E-state index in [1.54, 1.807) is 26.8 Å². The Balaban J connectivity index is 1.95. The van der Waals surface area contributed by atoms with Crippen molar-refractivity contribution in [2.45, 2.75) is 39.4 Å². The van der Waals surface area contributed by atoms with Crippen LogP contribution in [0.15, 0.2) is 42.1 Å². The highest BCUT2D eigenvalue weighted by atomic mass is 16.6. The van der Waals surface area contributed by atoms with E-state index in [1.807, 2.05) is 30.3 Å². The van der Waals surface area contributed by atoms with Crippen LogP contribution in [-0.2, 0) is 20.9 Å². The summed E-state index contributed by atoms with van der Waals surface area (Å²) in [6.07, 6.45) is 1.80. The van der Waals surface area contributed by atoms with Gasteiger partial charge >= 0.3 is 12.1 Å². The highest BCUT2D eigenvalue weighted by Gasteiger charge is 2.31. The van der Waals surface area contributed by atoms with Crippen molar-refractivity contribution in [1.29, 1.82) is 0 Å². The maximum absolute atomic E-state index is 12.2. The molecular weight excluding hydrogens is 282 g/mol. The van der Waals surface area contributed by atoms with Gasteiger partial charge in [0.05, 0.1) is 0 Å². The van der Waals surface area contributed by atoms with E-state index in [9.17, 15) is 9.59 Å². The Labute approximate surface area is 130 Å². The van der Waals surface area contributed by atoms with E-state index in [-0.39, 0.29) is 12.3 Å². The molecule has 0 radical (unpaired) electrons. The molecule has 1 aromatic carbocycles. The number of hydrogen-bond donors (Lipinski definition) is 0. The highest BCUT2D eigenvalue weighted by molar-refractivity contribution is 5.93. The summed E-state index contributed by atoms with van der Waals surface area (Å²) < 4.78 is 10.6. The maximum atomic E-state index is 12.2. The van der Waals surface area contributed by atoms with E-state index in [1.165, 1.54) is 4.90 Å². The molecule has 1 amide bonds. The minimum absolute atomic E-state index is 0.178. The molecule has 0 unspecified atom stereocenters. The first-order chi connectivity index (χ1) is 10.4. The van der Waals surface area contributed by atoms with Crippen molar-refractivity contribution in [1.82, 2.24) is 4.90 Å². The first-order valence-corrected chi connectivity index (χ1v) is 7.28. The fraction of sp³-hybridized carbons (Fsp3) is 0.412. The van der Waals surface area contributed by atoms with E-state index in [4.69, 9.17) is 9.47 Å². The average Bonchev–Trinajstić information content (AvgIpc) is 2.93. The van der Waals surface area contributed by atoms with Crippen LogP contribution in [0.1, 0.15) is 32.8 Å². The van der Waals surface area contributed by atoms with Gasteiger partial charge in [0.2, 0.25) is 0 Å². The number of nitrogens with zero attached hydrogens (tertiary/aromatic N) is 1. The zero-order chi connectivity index (χ0) is 16.2. The third-order valence-electron chi connectivity index (χ3n) is 3.01. The zero-order valence-electron chi connectivity index (χ0n) is 13.2. The van der Waals surface area contributed by atoms with E-state index in [2.05, 4.69) is 0 Å². The molecule has 1 aliphatic heterocycles. The SMILES string of the molecule is CC(C)(C)OC(=O)C1=CCCN1C(=O)OCc1ccccc1. The van der Waals surface area contributed by atoms with Gasteiger partial charge in [0, 0.05) is 6.54 Å². The second kappa shape index (κ2) is 6.64. The van der Waals surface area contributed by atoms with E-state index < -0.39 is 17.7 Å². The van der Waals surface area contributed by atoms with Gasteiger partial charge in [-0.15, -0.1) is 0 Å². The molecule has 118 valence electrons. The van der Waals surface area contributed by atoms with Gasteiger partial charge in [-0.2, -0.15) is 0 Å². The molecule has 0 spiro atoms. The number of ether oxygens (including phenoxy) is 2. The predicted molar refractivity (Wildman–Crippen MR) is 81.9 cm³/mol. The molecule has 1 aliphatic rings. The maximum Gasteiger partial charge on any atom is 0.414 e. The van der Waals surface area contributed by atoms with Crippen molar-refractivity contribution >= 4 is 12.1 Å². The lowest BCUT2D eigenvalue weighted by Crippen LogP contribution is -2.35. The lowest BCUT2D eigenvalue weighted by Gasteiger charge is -2.23. The van der Waals surface area contributed by atoms with Crippen LogP contribution in [0.25, 0.3) is 0 Å². The summed E-state index contributed by atoms with van der Waals surface area (Å²) in [6.45, 7) is 5.98. The Morgan fingerprint density at radius 1 is 1.18 bits per heavy atom. The van der Waals surface area contributed by atoms with Crippen LogP contribution in [0, 0.1) is 0 Å². The predicted octanol–water partition coefficient (Wildman–Crippen LogP) is 3.25. The molecule has 0 N–H and O–H groups in total. The average molecular weight is 303 g/mol. The van der Waals surface area contributed by atoms with Crippen molar-refractivity contribution in [3.05, 3.63) is 47.7 Å². The Bertz CT molecular complexity index is 572. The fourth-order valence-corrected chi connectivity index (χ4v) is 2.07. The van der Waals surface area contributed by atoms with Crippen LogP contribution in [0.4, 0.5) is 4.79 Å². The summed E-state index contributed by atoms with van der Waals surface area (Å²) in [4.78, 5) is 25.6. The Kier molecular flexibility index (Phi) is 4.85. The minimum Gasteiger partial charge on any atom is -0.455 e. The van der Waals surface area contributed by atoms with Crippen molar-refractivity contribution in [3.8, 4) is 0 Å². The van der Waals surface area contributed by atoms with Gasteiger partial charge in [0.15, 0.2) is 0 Å². The molecule has 1 aromatic rings. The Morgan fingerprint density at radius 3 is 2.50 bits per heavy atom. The molecule has 22 heavy (non-hydrogen) atoms. The molecule has 2 rings (SSSR count). The van der Waals surface area contributed by atoms with Gasteiger partial charge < -0.3 is 9.47 Å². The molecule has 0 saturated heterocycles. The second-order valence-electron chi connectivity index (χ2n) is 6.07. The molecule has 0 fully saturated rings. The van der Waals surface area contributed by atoms with E-state index >= 15 is 0 Å². The molecule has 0 bridgehead atoms. The van der Waals surface area contributed by atoms with Crippen LogP contribution in [0.2, 0.25) is 0 Å². The third-order valence-corrected chi connectivity index (χ3v) is 3.01. The summed E-state index contributed by atoms with van der Waals surface area (Å²) >= 11 is 0. The molecule has 0 aliphatic carbocycles. The monoisotopic (exact) mass is 303 g/mol. The summed E-state index contributed by atoms with van der Waals surface area (Å²) in [5.74, 6) is -0.498. The van der Waals surface area contributed by atoms with Crippen molar-refractivity contribution in [2.24, 2.45) is 0 Å². The molecule has 0 aromatic heterocycles. The van der Waals surface area contributed by atoms with Gasteiger partial charge in [-0.05, 0) is 32.8 Å². The number of rotatable bonds is 3. The van der Waals surface area contributed by atoms with E-state index in [0.29, 0.717) is 13.0 Å². The van der Waals surface area contributed by atoms with Crippen LogP contribution in [0.5, 0.6) is 0 Å². The Morgan fingerprint density at radius 2 is 1.86 bits per heavy atom. The minimum atomic E-state index is -0.597. The summed E-state index contributed by atoms with van der Waals surface area (Å²) in [5.41, 5.74) is 0.561. The Hall–Kier alpha value is -2.30. The lowest BCUT2D eigenvalue weighted by molar-refractivity contribution is -0.151. The number of carbonyl (C=O) groups is 2. The fourth-order valence-electron chi connectivity index (χ4n) is 2.07. The van der Waals surface area contributed by atoms with Gasteiger partial charge in [-0.1, -0.05) is 36.4 Å². The highest BCUT2D eigenvalue weighted by Crippen LogP contribution is 2.21. The first kappa shape index (κ1) is 16.1. The number of benzene rings is 1. The van der Waals surface area contributed by atoms with Crippen molar-refractivity contribution in [2.75, 3.05) is 6.54 Å². The third kappa shape index (κ3) is 4.35. The van der Waals surface area contributed by atoms with Crippen molar-refractivity contribution in [3.63, 3.8) is 0 Å². The summed E-state index contributed by atoms with van der Waals surface area (Å²) in [6, 6.07) is 9.41. The standard InChI is InChI=1S/C17H21NO4/c1-17(2,3)22-15(19)14-10-7-11-18(14)16(20)21-12-13-8-5-4-6-9-13/h4-6,8-10H,7,11-12H2,1-3H3. The number of esters is 1. The summed E-state index contributed by atoms with van der Waals surface area (Å²) in [5, 5.41) is 0. The van der Waals surface area contributed by atoms with Gasteiger partial charge in [-0.3, -0.25) is 4.90 Å². The topological polar surface area (TPSA) is 55.8 Å². The molecule has 1 heterocycles. The molecule has 5 heteroatoms. The number of amides is 1. The molecule has 0 atom stereocenters. The van der Waals surface area contributed by atoms with Gasteiger partial charge in [0.1, 0.15) is 17.9 Å². The summed E-state index contributed by atoms with van der Waals surface area (Å²) in [7, 11) is 0. The molecular formula is C17H21NO4. The quantitative estimate of drug-likeness (QED) is 0.804. The molecule has 5 nitrogen and oxygen atoms in total. The molecule has 0 saturated carbocycles. The van der Waals surface area contributed by atoms with Crippen LogP contribution in [0.3, 0.4) is 0 Å². The zero-order valence-corrected chi connectivity index (χ0v) is 13.2. The number of carbonyl (C=O) groups excluding carboxylic acids is 2. The lowest BCUT2D eigenvalue weighted by atomic mass is 10.2. The number of hydrogen-bond acceptors (Lipinski definition) is 4. The van der Waals surface area contributed by atoms with Crippen LogP contribution < -0.4 is 0 Å². The van der Waals surface area contributed by atoms with Crippen LogP contribution >= 0.6 is 0 Å². The van der Waals surface area contributed by atoms with Crippen molar-refractivity contribution < 1.29 is 19.1 Å². The first-order valence-electron chi connectivity index (χ1n) is 7.28.